The Balaban J connectivity index is 1.34. The number of rotatable bonds is 21. The van der Waals surface area contributed by atoms with Gasteiger partial charge in [0.05, 0.1) is 40.6 Å². The van der Waals surface area contributed by atoms with Crippen molar-refractivity contribution in [2.24, 2.45) is 4.99 Å². The number of nitrogens with zero attached hydrogens (tertiary/aromatic N) is 9. The Bertz CT molecular complexity index is 2450. The first-order valence-electron chi connectivity index (χ1n) is 21.0. The first kappa shape index (κ1) is 46.1. The van der Waals surface area contributed by atoms with Crippen molar-refractivity contribution in [1.82, 2.24) is 38.8 Å². The maximum absolute atomic E-state index is 14.5. The monoisotopic (exact) mass is 851 g/mol. The van der Waals surface area contributed by atoms with E-state index in [1.165, 1.54) is 9.13 Å². The first-order chi connectivity index (χ1) is 29.1. The average Bonchev–Trinajstić information content (AvgIpc) is 3.67. The summed E-state index contributed by atoms with van der Waals surface area (Å²) in [6, 6.07) is 3.47. The van der Waals surface area contributed by atoms with E-state index in [4.69, 9.17) is 14.5 Å². The molecule has 334 valence electrons. The molecular formula is C42H61N9O10. The number of aliphatic hydroxyl groups excluding tert-OH is 4. The highest BCUT2D eigenvalue weighted by molar-refractivity contribution is 6.16. The van der Waals surface area contributed by atoms with Crippen molar-refractivity contribution in [1.29, 1.82) is 0 Å². The summed E-state index contributed by atoms with van der Waals surface area (Å²) in [6.07, 6.45) is -1.89. The fourth-order valence-corrected chi connectivity index (χ4v) is 8.12. The summed E-state index contributed by atoms with van der Waals surface area (Å²) in [5.41, 5.74) is 0.680. The lowest BCUT2D eigenvalue weighted by Crippen LogP contribution is -2.59. The van der Waals surface area contributed by atoms with Gasteiger partial charge in [0.25, 0.3) is 16.7 Å². The molecule has 19 heteroatoms. The Hall–Kier alpha value is -4.44. The summed E-state index contributed by atoms with van der Waals surface area (Å²) in [7, 11) is 11.7. The molecule has 1 fully saturated rings. The van der Waals surface area contributed by atoms with Crippen LogP contribution >= 0.6 is 0 Å². The summed E-state index contributed by atoms with van der Waals surface area (Å²) in [5, 5.41) is 61.7. The van der Waals surface area contributed by atoms with Crippen molar-refractivity contribution in [2.45, 2.75) is 88.9 Å². The van der Waals surface area contributed by atoms with Crippen LogP contribution in [0.4, 0.5) is 0 Å². The van der Waals surface area contributed by atoms with Crippen molar-refractivity contribution in [3.8, 4) is 17.0 Å². The van der Waals surface area contributed by atoms with E-state index < -0.39 is 54.0 Å². The third kappa shape index (κ3) is 10.1. The molecule has 0 bridgehead atoms. The van der Waals surface area contributed by atoms with Gasteiger partial charge in [0.15, 0.2) is 6.29 Å². The standard InChI is InChI=1S/C42H61N9O10/c1-46(2)14-7-11-25-21-27-33-32-28(39(57)50(40(58)31(25)32)18-9-15-47(3)4)22-29(34(33)41(59)51(38(27)56)19-10-16-48(5)6)43-13-8-17-49-23-26(44-45-49)12-20-60-42-37(55)36(54)35(53)30(24-52)61-42/h21-23,30,35-37,42,52-56H,7-20,24H2,1-6H3/t30-,35-,36+,37-,42-/m1/s1. The van der Waals surface area contributed by atoms with Gasteiger partial charge in [0.1, 0.15) is 24.4 Å². The second-order valence-electron chi connectivity index (χ2n) is 16.8. The number of ether oxygens (including phenoxy) is 2. The van der Waals surface area contributed by atoms with E-state index in [1.807, 2.05) is 58.2 Å². The molecule has 0 radical (unpaired) electrons. The third-order valence-corrected chi connectivity index (χ3v) is 11.3. The minimum atomic E-state index is -1.54. The van der Waals surface area contributed by atoms with Gasteiger partial charge in [-0.05, 0) is 112 Å². The highest BCUT2D eigenvalue weighted by atomic mass is 16.7. The highest BCUT2D eigenvalue weighted by Crippen LogP contribution is 2.39. The molecule has 4 heterocycles. The van der Waals surface area contributed by atoms with Crippen LogP contribution in [-0.2, 0) is 41.9 Å². The van der Waals surface area contributed by atoms with Crippen LogP contribution in [0.15, 0.2) is 37.7 Å². The van der Waals surface area contributed by atoms with Gasteiger partial charge in [0.2, 0.25) is 5.88 Å². The van der Waals surface area contributed by atoms with E-state index >= 15 is 0 Å². The summed E-state index contributed by atoms with van der Waals surface area (Å²) in [5.74, 6) is -0.200. The lowest BCUT2D eigenvalue weighted by molar-refractivity contribution is -0.300. The molecule has 6 rings (SSSR count). The van der Waals surface area contributed by atoms with Crippen molar-refractivity contribution < 1.29 is 35.0 Å². The normalized spacial score (nSPS) is 20.3. The zero-order chi connectivity index (χ0) is 44.1. The summed E-state index contributed by atoms with van der Waals surface area (Å²) in [4.78, 5) is 54.3. The zero-order valence-corrected chi connectivity index (χ0v) is 36.0. The molecule has 0 amide bonds. The van der Waals surface area contributed by atoms with Crippen LogP contribution in [0.1, 0.15) is 36.9 Å². The van der Waals surface area contributed by atoms with Gasteiger partial charge < -0.3 is 49.7 Å². The molecule has 0 unspecified atom stereocenters. The fraction of sp³-hybridized carbons (Fsp3) is 0.619. The van der Waals surface area contributed by atoms with Crippen LogP contribution in [0.2, 0.25) is 0 Å². The molecule has 1 saturated heterocycles. The van der Waals surface area contributed by atoms with Crippen LogP contribution in [0.25, 0.3) is 32.7 Å². The fourth-order valence-electron chi connectivity index (χ4n) is 8.12. The number of hydrogen-bond acceptors (Lipinski definition) is 16. The van der Waals surface area contributed by atoms with Gasteiger partial charge in [-0.3, -0.25) is 33.2 Å². The Morgan fingerprint density at radius 2 is 1.43 bits per heavy atom. The van der Waals surface area contributed by atoms with Crippen molar-refractivity contribution in [3.63, 3.8) is 0 Å². The Morgan fingerprint density at radius 1 is 0.770 bits per heavy atom. The number of hydrogen-bond donors (Lipinski definition) is 5. The van der Waals surface area contributed by atoms with Crippen LogP contribution in [-0.4, -0.2) is 177 Å². The topological polar surface area (TPSA) is 233 Å². The lowest BCUT2D eigenvalue weighted by Gasteiger charge is -2.39. The highest BCUT2D eigenvalue weighted by Gasteiger charge is 2.44. The molecule has 5 atom stereocenters. The average molecular weight is 852 g/mol. The quantitative estimate of drug-likeness (QED) is 0.0427. The number of aryl methyl sites for hydroxylation is 2. The van der Waals surface area contributed by atoms with Gasteiger partial charge >= 0.3 is 0 Å². The van der Waals surface area contributed by atoms with Crippen molar-refractivity contribution in [3.05, 3.63) is 66.0 Å². The van der Waals surface area contributed by atoms with Gasteiger partial charge in [0, 0.05) is 55.1 Å². The molecule has 1 aliphatic carbocycles. The van der Waals surface area contributed by atoms with E-state index in [1.54, 1.807) is 16.9 Å². The molecular weight excluding hydrogens is 791 g/mol. The molecule has 3 aliphatic rings. The molecule has 2 aromatic heterocycles. The van der Waals surface area contributed by atoms with E-state index in [2.05, 4.69) is 15.2 Å². The van der Waals surface area contributed by atoms with E-state index in [9.17, 15) is 39.9 Å². The molecule has 0 saturated carbocycles. The van der Waals surface area contributed by atoms with Crippen LogP contribution < -0.4 is 22.0 Å². The Morgan fingerprint density at radius 3 is 2.10 bits per heavy atom. The minimum absolute atomic E-state index is 0.0512. The zero-order valence-electron chi connectivity index (χ0n) is 36.0. The molecule has 0 spiro atoms. The predicted octanol–water partition coefficient (Wildman–Crippen LogP) is -1.30. The maximum atomic E-state index is 14.5. The SMILES string of the molecule is CN(C)CCCc1cc2c(O)n(CCCN(C)C)c(=O)c3c(=NCCCn4cc(CCO[C@@H]5O[C@H](CO)[C@@H](O)[C@H](O)[C@H]5O)nn4)cc4c(=O)n(CCCN(C)C)c(=O)c1c-4c23. The largest absolute Gasteiger partial charge is 0.494 e. The Labute approximate surface area is 353 Å². The Kier molecular flexibility index (Phi) is 15.2. The molecule has 19 nitrogen and oxygen atoms in total. The number of aromatic hydroxyl groups is 1. The van der Waals surface area contributed by atoms with Crippen LogP contribution in [0.3, 0.4) is 0 Å². The van der Waals surface area contributed by atoms with E-state index in [-0.39, 0.29) is 43.1 Å². The van der Waals surface area contributed by atoms with Gasteiger partial charge in [-0.2, -0.15) is 0 Å². The maximum Gasteiger partial charge on any atom is 0.263 e. The lowest BCUT2D eigenvalue weighted by atomic mass is 9.87. The summed E-state index contributed by atoms with van der Waals surface area (Å²) >= 11 is 0. The second kappa shape index (κ2) is 20.2. The summed E-state index contributed by atoms with van der Waals surface area (Å²) < 4.78 is 15.3. The number of aliphatic hydroxyl groups is 4. The van der Waals surface area contributed by atoms with Gasteiger partial charge in [-0.25, -0.2) is 0 Å². The molecule has 1 aromatic carbocycles. The molecule has 5 N–H and O–H groups in total. The third-order valence-electron chi connectivity index (χ3n) is 11.3. The number of benzene rings is 2. The predicted molar refractivity (Wildman–Crippen MR) is 229 cm³/mol. The van der Waals surface area contributed by atoms with E-state index in [0.717, 1.165) is 18.5 Å². The van der Waals surface area contributed by atoms with Crippen LogP contribution in [0.5, 0.6) is 5.88 Å². The van der Waals surface area contributed by atoms with Crippen LogP contribution in [0, 0.1) is 0 Å². The smallest absolute Gasteiger partial charge is 0.263 e. The minimum Gasteiger partial charge on any atom is -0.494 e. The van der Waals surface area contributed by atoms with Gasteiger partial charge in [-0.1, -0.05) is 5.21 Å². The number of pyridine rings is 2. The first-order valence-corrected chi connectivity index (χ1v) is 21.0. The van der Waals surface area contributed by atoms with Crippen molar-refractivity contribution >= 4 is 21.5 Å². The summed E-state index contributed by atoms with van der Waals surface area (Å²) in [6.45, 7) is 2.77. The number of aromatic nitrogens is 5. The van der Waals surface area contributed by atoms with Gasteiger partial charge in [-0.15, -0.1) is 5.10 Å². The van der Waals surface area contributed by atoms with Crippen molar-refractivity contribution in [2.75, 3.05) is 81.7 Å². The van der Waals surface area contributed by atoms with E-state index in [0.29, 0.717) is 84.5 Å². The molecule has 3 aromatic rings. The molecule has 61 heavy (non-hydrogen) atoms. The second-order valence-corrected chi connectivity index (χ2v) is 16.8. The molecule has 2 aliphatic heterocycles.